The normalized spacial score (nSPS) is 25.2. The lowest BCUT2D eigenvalue weighted by Gasteiger charge is -2.35. The molecule has 2 heterocycles. The van der Waals surface area contributed by atoms with Gasteiger partial charge in [0.1, 0.15) is 5.69 Å². The minimum atomic E-state index is -0.466. The van der Waals surface area contributed by atoms with Gasteiger partial charge in [0.2, 0.25) is 17.7 Å². The van der Waals surface area contributed by atoms with Crippen molar-refractivity contribution in [2.24, 2.45) is 17.8 Å². The van der Waals surface area contributed by atoms with E-state index in [1.165, 1.54) is 6.07 Å². The topological polar surface area (TPSA) is 104 Å². The molecule has 0 radical (unpaired) electrons. The smallest absolute Gasteiger partial charge is 0.294 e. The SMILES string of the molecule is CCN(CC)C(=O)[C@@H]1CCCN(c2ccc(N3C(=O)[C@H]4CCCC[C@H]4C3=O)cc2[N+](=O)[O-])C1. The Hall–Kier alpha value is -2.97. The molecule has 0 spiro atoms. The summed E-state index contributed by atoms with van der Waals surface area (Å²) in [7, 11) is 0. The lowest BCUT2D eigenvalue weighted by atomic mass is 9.81. The number of fused-ring (bicyclic) bond motifs is 1. The van der Waals surface area contributed by atoms with Crippen LogP contribution in [-0.2, 0) is 14.4 Å². The second-order valence-electron chi connectivity index (χ2n) is 9.24. The highest BCUT2D eigenvalue weighted by atomic mass is 16.6. The number of imide groups is 1. The van der Waals surface area contributed by atoms with Crippen LogP contribution < -0.4 is 9.80 Å². The van der Waals surface area contributed by atoms with Gasteiger partial charge in [0.15, 0.2) is 0 Å². The van der Waals surface area contributed by atoms with Gasteiger partial charge in [0.05, 0.1) is 28.4 Å². The van der Waals surface area contributed by atoms with Gasteiger partial charge in [-0.3, -0.25) is 24.5 Å². The summed E-state index contributed by atoms with van der Waals surface area (Å²) in [5.74, 6) is -1.22. The highest BCUT2D eigenvalue weighted by Gasteiger charge is 2.49. The Kier molecular flexibility index (Phi) is 6.67. The number of nitro benzene ring substituents is 1. The minimum absolute atomic E-state index is 0.0832. The number of benzene rings is 1. The molecule has 2 aliphatic heterocycles. The third kappa shape index (κ3) is 4.20. The van der Waals surface area contributed by atoms with Crippen LogP contribution in [0.5, 0.6) is 0 Å². The fourth-order valence-electron chi connectivity index (χ4n) is 5.67. The Balaban J connectivity index is 1.60. The Bertz CT molecular complexity index is 936. The molecule has 1 aromatic rings. The van der Waals surface area contributed by atoms with Gasteiger partial charge in [0.25, 0.3) is 5.69 Å². The fraction of sp³-hybridized carbons (Fsp3) is 0.625. The van der Waals surface area contributed by atoms with E-state index in [0.29, 0.717) is 44.7 Å². The summed E-state index contributed by atoms with van der Waals surface area (Å²) in [6, 6.07) is 4.60. The van der Waals surface area contributed by atoms with Crippen molar-refractivity contribution in [2.45, 2.75) is 52.4 Å². The average Bonchev–Trinajstić information content (AvgIpc) is 3.09. The van der Waals surface area contributed by atoms with E-state index in [-0.39, 0.29) is 46.9 Å². The molecule has 33 heavy (non-hydrogen) atoms. The van der Waals surface area contributed by atoms with Crippen LogP contribution in [0.3, 0.4) is 0 Å². The molecule has 3 aliphatic rings. The number of anilines is 2. The lowest BCUT2D eigenvalue weighted by Crippen LogP contribution is -2.45. The van der Waals surface area contributed by atoms with E-state index in [4.69, 9.17) is 0 Å². The maximum Gasteiger partial charge on any atom is 0.294 e. The molecule has 1 aliphatic carbocycles. The Morgan fingerprint density at radius 2 is 1.70 bits per heavy atom. The molecule has 2 saturated heterocycles. The van der Waals surface area contributed by atoms with Crippen molar-refractivity contribution in [3.8, 4) is 0 Å². The van der Waals surface area contributed by atoms with Crippen LogP contribution in [0, 0.1) is 27.9 Å². The summed E-state index contributed by atoms with van der Waals surface area (Å²) in [6.07, 6.45) is 4.77. The zero-order valence-corrected chi connectivity index (χ0v) is 19.4. The highest BCUT2D eigenvalue weighted by Crippen LogP contribution is 2.42. The maximum atomic E-state index is 12.9. The van der Waals surface area contributed by atoms with Crippen molar-refractivity contribution < 1.29 is 19.3 Å². The van der Waals surface area contributed by atoms with Gasteiger partial charge in [-0.05, 0) is 51.7 Å². The van der Waals surface area contributed by atoms with Crippen molar-refractivity contribution in [1.82, 2.24) is 4.90 Å². The molecule has 3 atom stereocenters. The number of carbonyl (C=O) groups is 3. The number of rotatable bonds is 6. The monoisotopic (exact) mass is 456 g/mol. The van der Waals surface area contributed by atoms with Crippen LogP contribution in [0.15, 0.2) is 18.2 Å². The summed E-state index contributed by atoms with van der Waals surface area (Å²) in [4.78, 5) is 55.1. The molecule has 178 valence electrons. The van der Waals surface area contributed by atoms with Gasteiger partial charge in [-0.1, -0.05) is 12.8 Å². The summed E-state index contributed by atoms with van der Waals surface area (Å²) < 4.78 is 0. The van der Waals surface area contributed by atoms with Crippen LogP contribution in [0.2, 0.25) is 0 Å². The Morgan fingerprint density at radius 3 is 2.27 bits per heavy atom. The highest BCUT2D eigenvalue weighted by molar-refractivity contribution is 6.22. The van der Waals surface area contributed by atoms with Gasteiger partial charge >= 0.3 is 0 Å². The lowest BCUT2D eigenvalue weighted by molar-refractivity contribution is -0.384. The molecule has 0 N–H and O–H groups in total. The first kappa shape index (κ1) is 23.2. The minimum Gasteiger partial charge on any atom is -0.365 e. The average molecular weight is 457 g/mol. The Morgan fingerprint density at radius 1 is 1.06 bits per heavy atom. The number of piperidine rings is 1. The molecule has 1 aromatic carbocycles. The quantitative estimate of drug-likeness (QED) is 0.369. The zero-order valence-electron chi connectivity index (χ0n) is 19.4. The summed E-state index contributed by atoms with van der Waals surface area (Å²) in [5.41, 5.74) is 0.554. The van der Waals surface area contributed by atoms with Crippen LogP contribution in [-0.4, -0.2) is 53.7 Å². The molecule has 9 nitrogen and oxygen atoms in total. The molecule has 3 fully saturated rings. The van der Waals surface area contributed by atoms with E-state index in [1.54, 1.807) is 17.0 Å². The van der Waals surface area contributed by atoms with Gasteiger partial charge in [-0.25, -0.2) is 4.90 Å². The molecular formula is C24H32N4O5. The van der Waals surface area contributed by atoms with E-state index in [2.05, 4.69) is 0 Å². The third-order valence-corrected chi connectivity index (χ3v) is 7.44. The molecule has 0 aromatic heterocycles. The number of nitrogens with zero attached hydrogens (tertiary/aromatic N) is 4. The molecule has 9 heteroatoms. The van der Waals surface area contributed by atoms with Crippen molar-refractivity contribution >= 4 is 34.8 Å². The molecule has 4 rings (SSSR count). The van der Waals surface area contributed by atoms with E-state index < -0.39 is 4.92 Å². The van der Waals surface area contributed by atoms with Gasteiger partial charge in [-0.15, -0.1) is 0 Å². The summed E-state index contributed by atoms with van der Waals surface area (Å²) >= 11 is 0. The van der Waals surface area contributed by atoms with Crippen LogP contribution in [0.25, 0.3) is 0 Å². The second-order valence-corrected chi connectivity index (χ2v) is 9.24. The summed E-state index contributed by atoms with van der Waals surface area (Å²) in [6.45, 7) is 6.21. The van der Waals surface area contributed by atoms with Crippen LogP contribution >= 0.6 is 0 Å². The van der Waals surface area contributed by atoms with Crippen molar-refractivity contribution in [1.29, 1.82) is 0 Å². The van der Waals surface area contributed by atoms with E-state index in [0.717, 1.165) is 30.6 Å². The molecule has 0 unspecified atom stereocenters. The molecule has 0 bridgehead atoms. The number of nitro groups is 1. The summed E-state index contributed by atoms with van der Waals surface area (Å²) in [5, 5.41) is 12.0. The Labute approximate surface area is 193 Å². The standard InChI is InChI=1S/C24H32N4O5/c1-3-25(4-2)22(29)16-8-7-13-26(15-16)20-12-11-17(14-21(20)28(32)33)27-23(30)18-9-5-6-10-19(18)24(27)31/h11-12,14,16,18-19H,3-10,13,15H2,1-2H3/t16-,18-,19+/m1/s1. The van der Waals surface area contributed by atoms with Gasteiger partial charge < -0.3 is 9.80 Å². The second kappa shape index (κ2) is 9.49. The largest absolute Gasteiger partial charge is 0.365 e. The van der Waals surface area contributed by atoms with E-state index in [9.17, 15) is 24.5 Å². The molecular weight excluding hydrogens is 424 g/mol. The van der Waals surface area contributed by atoms with Crippen LogP contribution in [0.4, 0.5) is 17.1 Å². The molecule has 1 saturated carbocycles. The first-order valence-electron chi connectivity index (χ1n) is 12.1. The maximum absolute atomic E-state index is 12.9. The predicted molar refractivity (Wildman–Crippen MR) is 124 cm³/mol. The van der Waals surface area contributed by atoms with Crippen molar-refractivity contribution in [3.63, 3.8) is 0 Å². The van der Waals surface area contributed by atoms with Crippen LogP contribution in [0.1, 0.15) is 52.4 Å². The first-order chi connectivity index (χ1) is 15.9. The zero-order chi connectivity index (χ0) is 23.7. The van der Waals surface area contributed by atoms with E-state index in [1.807, 2.05) is 18.7 Å². The van der Waals surface area contributed by atoms with E-state index >= 15 is 0 Å². The number of carbonyl (C=O) groups excluding carboxylic acids is 3. The number of hydrogen-bond acceptors (Lipinski definition) is 6. The third-order valence-electron chi connectivity index (χ3n) is 7.44. The van der Waals surface area contributed by atoms with Crippen molar-refractivity contribution in [2.75, 3.05) is 36.0 Å². The van der Waals surface area contributed by atoms with Crippen molar-refractivity contribution in [3.05, 3.63) is 28.3 Å². The molecule has 3 amide bonds. The number of amides is 3. The fourth-order valence-corrected chi connectivity index (χ4v) is 5.67. The van der Waals surface area contributed by atoms with Gasteiger partial charge in [0, 0.05) is 32.2 Å². The number of hydrogen-bond donors (Lipinski definition) is 0. The predicted octanol–water partition coefficient (Wildman–Crippen LogP) is 3.36. The van der Waals surface area contributed by atoms with Gasteiger partial charge in [-0.2, -0.15) is 0 Å². The first-order valence-corrected chi connectivity index (χ1v) is 12.1.